The lowest BCUT2D eigenvalue weighted by atomic mass is 9.88. The Morgan fingerprint density at radius 3 is 2.19 bits per heavy atom. The minimum atomic E-state index is -3.29. The number of carbonyl (C=O) groups is 2. The molecule has 5 aromatic rings. The van der Waals surface area contributed by atoms with Crippen molar-refractivity contribution in [2.24, 2.45) is 11.8 Å². The van der Waals surface area contributed by atoms with Gasteiger partial charge in [-0.05, 0) is 51.5 Å². The zero-order valence-corrected chi connectivity index (χ0v) is 29.0. The normalized spacial score (nSPS) is 21.7. The topological polar surface area (TPSA) is 72.8 Å². The van der Waals surface area contributed by atoms with Gasteiger partial charge in [0.1, 0.15) is 12.2 Å². The van der Waals surface area contributed by atoms with Crippen molar-refractivity contribution in [3.63, 3.8) is 0 Å². The molecule has 2 aliphatic rings. The van der Waals surface area contributed by atoms with Crippen LogP contribution in [0.15, 0.2) is 133 Å². The van der Waals surface area contributed by atoms with E-state index in [1.807, 2.05) is 54.6 Å². The lowest BCUT2D eigenvalue weighted by Crippen LogP contribution is -2.65. The fraction of sp³-hybridized carbons (Fsp3) is 0.268. The molecule has 0 bridgehead atoms. The zero-order valence-electron chi connectivity index (χ0n) is 27.2. The fourth-order valence-corrected chi connectivity index (χ4v) is 12.7. The molecule has 7 heteroatoms. The SMILES string of the molecule is CC(C)(C[C@H](/C=C/[C@@H]1[C@H]2CC(=O)O[C@H]2C[C@H]1OC(=O)c1ccccc1)c1cc2ccccc2s1)[Si](O)(c1ccccc1)c1ccccc1. The van der Waals surface area contributed by atoms with Crippen LogP contribution in [0.3, 0.4) is 0 Å². The summed E-state index contributed by atoms with van der Waals surface area (Å²) in [5.74, 6) is -0.826. The molecule has 7 rings (SSSR count). The van der Waals surface area contributed by atoms with Gasteiger partial charge >= 0.3 is 11.9 Å². The van der Waals surface area contributed by atoms with Gasteiger partial charge in [0, 0.05) is 33.8 Å². The van der Waals surface area contributed by atoms with Crippen molar-refractivity contribution < 1.29 is 23.9 Å². The van der Waals surface area contributed by atoms with E-state index in [0.717, 1.165) is 10.4 Å². The number of rotatable bonds is 10. The second kappa shape index (κ2) is 13.3. The third-order valence-corrected chi connectivity index (χ3v) is 16.0. The third-order valence-electron chi connectivity index (χ3n) is 10.3. The summed E-state index contributed by atoms with van der Waals surface area (Å²) in [6, 6.07) is 40.0. The molecule has 1 aromatic heterocycles. The number of allylic oxidation sites excluding steroid dienone is 1. The van der Waals surface area contributed by atoms with Crippen molar-refractivity contribution in [2.75, 3.05) is 0 Å². The van der Waals surface area contributed by atoms with E-state index < -0.39 is 19.5 Å². The maximum Gasteiger partial charge on any atom is 0.338 e. The predicted octanol–water partition coefficient (Wildman–Crippen LogP) is 7.64. The summed E-state index contributed by atoms with van der Waals surface area (Å²) in [6.45, 7) is 4.40. The maximum atomic E-state index is 13.2. The van der Waals surface area contributed by atoms with Gasteiger partial charge in [0.2, 0.25) is 0 Å². The average molecular weight is 673 g/mol. The molecule has 0 radical (unpaired) electrons. The van der Waals surface area contributed by atoms with Crippen LogP contribution in [0.4, 0.5) is 0 Å². The van der Waals surface area contributed by atoms with E-state index in [1.54, 1.807) is 23.5 Å². The molecule has 1 aliphatic heterocycles. The van der Waals surface area contributed by atoms with Crippen LogP contribution in [0.5, 0.6) is 0 Å². The highest BCUT2D eigenvalue weighted by Crippen LogP contribution is 2.48. The number of carbonyl (C=O) groups excluding carboxylic acids is 2. The average Bonchev–Trinajstić information content (AvgIpc) is 3.79. The summed E-state index contributed by atoms with van der Waals surface area (Å²) < 4.78 is 13.0. The largest absolute Gasteiger partial charge is 0.462 e. The Kier molecular flexibility index (Phi) is 8.94. The van der Waals surface area contributed by atoms with Gasteiger partial charge in [-0.1, -0.05) is 123 Å². The molecule has 1 aliphatic carbocycles. The van der Waals surface area contributed by atoms with E-state index in [0.29, 0.717) is 24.8 Å². The molecule has 1 N–H and O–H groups in total. The van der Waals surface area contributed by atoms with Crippen LogP contribution < -0.4 is 10.4 Å². The summed E-state index contributed by atoms with van der Waals surface area (Å²) in [6.07, 6.45) is 5.22. The Bertz CT molecular complexity index is 1850. The van der Waals surface area contributed by atoms with Gasteiger partial charge in [0.05, 0.1) is 12.0 Å². The highest BCUT2D eigenvalue weighted by Gasteiger charge is 2.52. The number of thiophene rings is 1. The second-order valence-corrected chi connectivity index (χ2v) is 18.8. The summed E-state index contributed by atoms with van der Waals surface area (Å²) in [4.78, 5) is 39.8. The minimum Gasteiger partial charge on any atom is -0.462 e. The van der Waals surface area contributed by atoms with Crippen LogP contribution in [0.1, 0.15) is 54.3 Å². The maximum absolute atomic E-state index is 13.2. The second-order valence-electron chi connectivity index (χ2n) is 13.7. The monoisotopic (exact) mass is 672 g/mol. The molecular formula is C41H40O5SSi. The molecule has 1 saturated carbocycles. The summed E-state index contributed by atoms with van der Waals surface area (Å²) >= 11 is 1.78. The molecule has 0 amide bonds. The lowest BCUT2D eigenvalue weighted by Gasteiger charge is -2.42. The van der Waals surface area contributed by atoms with Gasteiger partial charge < -0.3 is 14.3 Å². The number of hydrogen-bond acceptors (Lipinski definition) is 6. The molecule has 4 aromatic carbocycles. The van der Waals surface area contributed by atoms with Gasteiger partial charge in [0.25, 0.3) is 8.32 Å². The lowest BCUT2D eigenvalue weighted by molar-refractivity contribution is -0.141. The standard InChI is InChI=1S/C41H40O5SSi/c1-41(2,48(44,31-17-8-4-9-18-31)32-19-10-5-11-20-32)27-30(38-24-29-16-12-13-21-37(29)47-38)22-23-33-34-25-39(42)45-36(34)26-35(33)46-40(43)28-14-6-3-7-15-28/h3-24,30,33-36,44H,25-27H2,1-2H3/b23-22+/t30-,33+,34+,35+,36-/m0/s1. The molecule has 0 unspecified atom stereocenters. The number of esters is 2. The van der Waals surface area contributed by atoms with Gasteiger partial charge in [-0.25, -0.2) is 4.79 Å². The smallest absolute Gasteiger partial charge is 0.338 e. The first-order chi connectivity index (χ1) is 23.2. The highest BCUT2D eigenvalue weighted by atomic mass is 32.1. The summed E-state index contributed by atoms with van der Waals surface area (Å²) in [5, 5.41) is 2.66. The molecule has 0 spiro atoms. The molecule has 5 nitrogen and oxygen atoms in total. The van der Waals surface area contributed by atoms with E-state index >= 15 is 0 Å². The van der Waals surface area contributed by atoms with Crippen molar-refractivity contribution in [3.8, 4) is 0 Å². The molecule has 2 heterocycles. The molecule has 5 atom stereocenters. The molecule has 1 saturated heterocycles. The molecule has 2 fully saturated rings. The van der Waals surface area contributed by atoms with Crippen molar-refractivity contribution >= 4 is 52.1 Å². The Hall–Kier alpha value is -4.30. The van der Waals surface area contributed by atoms with E-state index in [2.05, 4.69) is 80.6 Å². The van der Waals surface area contributed by atoms with Crippen molar-refractivity contribution in [1.82, 2.24) is 0 Å². The third kappa shape index (κ3) is 6.18. The van der Waals surface area contributed by atoms with Gasteiger partial charge in [0.15, 0.2) is 0 Å². The van der Waals surface area contributed by atoms with Crippen molar-refractivity contribution in [1.29, 1.82) is 0 Å². The molecular weight excluding hydrogens is 633 g/mol. The predicted molar refractivity (Wildman–Crippen MR) is 194 cm³/mol. The zero-order chi connectivity index (χ0) is 33.3. The quantitative estimate of drug-likeness (QED) is 0.0938. The van der Waals surface area contributed by atoms with E-state index in [-0.39, 0.29) is 35.8 Å². The van der Waals surface area contributed by atoms with Crippen LogP contribution in [-0.2, 0) is 14.3 Å². The number of hydrogen-bond donors (Lipinski definition) is 1. The van der Waals surface area contributed by atoms with Crippen molar-refractivity contribution in [2.45, 2.75) is 56.3 Å². The first kappa shape index (κ1) is 32.3. The van der Waals surface area contributed by atoms with Crippen LogP contribution in [0.25, 0.3) is 10.1 Å². The summed E-state index contributed by atoms with van der Waals surface area (Å²) in [7, 11) is -3.29. The fourth-order valence-electron chi connectivity index (χ4n) is 7.79. The van der Waals surface area contributed by atoms with Gasteiger partial charge in [-0.2, -0.15) is 0 Å². The Balaban J connectivity index is 1.26. The Morgan fingerprint density at radius 1 is 0.938 bits per heavy atom. The minimum absolute atomic E-state index is 0.0357. The van der Waals surface area contributed by atoms with E-state index in [1.165, 1.54) is 15.0 Å². The van der Waals surface area contributed by atoms with Crippen LogP contribution in [-0.4, -0.2) is 37.3 Å². The van der Waals surface area contributed by atoms with Crippen LogP contribution in [0, 0.1) is 11.8 Å². The number of ether oxygens (including phenoxy) is 2. The first-order valence-corrected chi connectivity index (χ1v) is 19.4. The van der Waals surface area contributed by atoms with E-state index in [9.17, 15) is 14.4 Å². The van der Waals surface area contributed by atoms with Crippen molar-refractivity contribution in [3.05, 3.63) is 144 Å². The summed E-state index contributed by atoms with van der Waals surface area (Å²) in [5.41, 5.74) is 0.505. The highest BCUT2D eigenvalue weighted by molar-refractivity contribution is 7.19. The van der Waals surface area contributed by atoms with E-state index in [4.69, 9.17) is 9.47 Å². The van der Waals surface area contributed by atoms with Gasteiger partial charge in [-0.3, -0.25) is 4.79 Å². The van der Waals surface area contributed by atoms with Crippen LogP contribution >= 0.6 is 11.3 Å². The van der Waals surface area contributed by atoms with Gasteiger partial charge in [-0.15, -0.1) is 11.3 Å². The number of fused-ring (bicyclic) bond motifs is 2. The molecule has 244 valence electrons. The number of benzene rings is 4. The van der Waals surface area contributed by atoms with Crippen LogP contribution in [0.2, 0.25) is 5.04 Å². The Morgan fingerprint density at radius 2 is 1.54 bits per heavy atom. The molecule has 48 heavy (non-hydrogen) atoms. The first-order valence-electron chi connectivity index (χ1n) is 16.7. The Labute approximate surface area is 287 Å².